The average Bonchev–Trinajstić information content (AvgIpc) is 2.87. The van der Waals surface area contributed by atoms with Gasteiger partial charge in [0.15, 0.2) is 0 Å². The van der Waals surface area contributed by atoms with Crippen LogP contribution >= 0.6 is 0 Å². The lowest BCUT2D eigenvalue weighted by Crippen LogP contribution is -2.35. The monoisotopic (exact) mass is 345 g/mol. The molecular weight excluding hydrogens is 324 g/mol. The summed E-state index contributed by atoms with van der Waals surface area (Å²) in [5.41, 5.74) is 0.917. The second kappa shape index (κ2) is 7.64. The van der Waals surface area contributed by atoms with Crippen LogP contribution in [0.25, 0.3) is 0 Å². The Morgan fingerprint density at radius 1 is 1.08 bits per heavy atom. The summed E-state index contributed by atoms with van der Waals surface area (Å²) in [6.45, 7) is 0.562. The molecule has 0 spiro atoms. The molecule has 0 aliphatic carbocycles. The summed E-state index contributed by atoms with van der Waals surface area (Å²) in [6.07, 6.45) is 3.73. The minimum Gasteiger partial charge on any atom is -0.497 e. The molecule has 3 nitrogen and oxygen atoms in total. The Kier molecular flexibility index (Phi) is 5.31. The van der Waals surface area contributed by atoms with Crippen LogP contribution in [0.3, 0.4) is 0 Å². The molecule has 0 saturated carbocycles. The van der Waals surface area contributed by atoms with Crippen LogP contribution in [-0.2, 0) is 0 Å². The number of nitrogens with zero attached hydrogens (tertiary/aromatic N) is 1. The largest absolute Gasteiger partial charge is 0.497 e. The van der Waals surface area contributed by atoms with Crippen molar-refractivity contribution in [3.05, 3.63) is 65.2 Å². The number of hydrogen-bond acceptors (Lipinski definition) is 2. The quantitative estimate of drug-likeness (QED) is 0.805. The molecule has 1 saturated heterocycles. The molecule has 1 amide bonds. The number of ether oxygens (including phenoxy) is 1. The predicted octanol–water partition coefficient (Wildman–Crippen LogP) is 4.73. The minimum atomic E-state index is -0.817. The second-order valence-corrected chi connectivity index (χ2v) is 6.26. The Bertz CT molecular complexity index is 746. The first kappa shape index (κ1) is 17.4. The lowest BCUT2D eigenvalue weighted by Gasteiger charge is -2.31. The highest BCUT2D eigenvalue weighted by Gasteiger charge is 2.29. The molecular formula is C20H21F2NO2. The number of methoxy groups -OCH3 is 1. The van der Waals surface area contributed by atoms with Crippen LogP contribution in [0, 0.1) is 11.6 Å². The fourth-order valence-corrected chi connectivity index (χ4v) is 3.34. The Balaban J connectivity index is 1.92. The molecule has 1 aliphatic rings. The summed E-state index contributed by atoms with van der Waals surface area (Å²) in [4.78, 5) is 14.6. The summed E-state index contributed by atoms with van der Waals surface area (Å²) in [5, 5.41) is 0. The SMILES string of the molecule is COc1ccc(C2CCCCCN2C(=O)c2ccc(F)cc2F)cc1. The van der Waals surface area contributed by atoms with Gasteiger partial charge in [-0.05, 0) is 42.7 Å². The molecule has 0 aromatic heterocycles. The molecule has 0 N–H and O–H groups in total. The summed E-state index contributed by atoms with van der Waals surface area (Å²) in [6, 6.07) is 10.6. The number of amides is 1. The Hall–Kier alpha value is -2.43. The highest BCUT2D eigenvalue weighted by molar-refractivity contribution is 5.94. The number of carbonyl (C=O) groups is 1. The smallest absolute Gasteiger partial charge is 0.257 e. The molecule has 25 heavy (non-hydrogen) atoms. The fraction of sp³-hybridized carbons (Fsp3) is 0.350. The maximum Gasteiger partial charge on any atom is 0.257 e. The summed E-state index contributed by atoms with van der Waals surface area (Å²) < 4.78 is 32.4. The van der Waals surface area contributed by atoms with Crippen LogP contribution in [0.4, 0.5) is 8.78 Å². The van der Waals surface area contributed by atoms with Crippen LogP contribution in [0.1, 0.15) is 47.6 Å². The number of carbonyl (C=O) groups excluding carboxylic acids is 1. The van der Waals surface area contributed by atoms with E-state index in [9.17, 15) is 13.6 Å². The van der Waals surface area contributed by atoms with Crippen molar-refractivity contribution < 1.29 is 18.3 Å². The number of rotatable bonds is 3. The van der Waals surface area contributed by atoms with E-state index < -0.39 is 11.6 Å². The summed E-state index contributed by atoms with van der Waals surface area (Å²) in [5.74, 6) is -1.14. The normalized spacial score (nSPS) is 17.9. The fourth-order valence-electron chi connectivity index (χ4n) is 3.34. The van der Waals surface area contributed by atoms with Crippen LogP contribution in [0.5, 0.6) is 5.75 Å². The predicted molar refractivity (Wildman–Crippen MR) is 91.6 cm³/mol. The van der Waals surface area contributed by atoms with E-state index in [-0.39, 0.29) is 17.5 Å². The van der Waals surface area contributed by atoms with Gasteiger partial charge in [0.1, 0.15) is 17.4 Å². The van der Waals surface area contributed by atoms with Crippen LogP contribution in [0.2, 0.25) is 0 Å². The zero-order valence-electron chi connectivity index (χ0n) is 14.2. The minimum absolute atomic E-state index is 0.0817. The first-order valence-electron chi connectivity index (χ1n) is 8.50. The maximum atomic E-state index is 14.1. The van der Waals surface area contributed by atoms with Crippen molar-refractivity contribution in [1.82, 2.24) is 4.90 Å². The van der Waals surface area contributed by atoms with Gasteiger partial charge < -0.3 is 9.64 Å². The molecule has 0 bridgehead atoms. The molecule has 1 atom stereocenters. The number of hydrogen-bond donors (Lipinski definition) is 0. The lowest BCUT2D eigenvalue weighted by atomic mass is 9.99. The third kappa shape index (κ3) is 3.81. The van der Waals surface area contributed by atoms with E-state index in [0.717, 1.165) is 49.1 Å². The first-order valence-corrected chi connectivity index (χ1v) is 8.50. The van der Waals surface area contributed by atoms with E-state index in [0.29, 0.717) is 6.54 Å². The van der Waals surface area contributed by atoms with Gasteiger partial charge in [0.05, 0.1) is 18.7 Å². The third-order valence-corrected chi connectivity index (χ3v) is 4.68. The molecule has 2 aromatic rings. The van der Waals surface area contributed by atoms with Gasteiger partial charge >= 0.3 is 0 Å². The van der Waals surface area contributed by atoms with Crippen LogP contribution in [-0.4, -0.2) is 24.5 Å². The van der Waals surface area contributed by atoms with Gasteiger partial charge in [0.25, 0.3) is 5.91 Å². The van der Waals surface area contributed by atoms with E-state index in [4.69, 9.17) is 4.74 Å². The van der Waals surface area contributed by atoms with Gasteiger partial charge in [0.2, 0.25) is 0 Å². The molecule has 1 aliphatic heterocycles. The molecule has 1 heterocycles. The van der Waals surface area contributed by atoms with Crippen molar-refractivity contribution in [3.8, 4) is 5.75 Å². The van der Waals surface area contributed by atoms with Gasteiger partial charge in [-0.1, -0.05) is 25.0 Å². The van der Waals surface area contributed by atoms with Crippen molar-refractivity contribution in [2.75, 3.05) is 13.7 Å². The van der Waals surface area contributed by atoms with Crippen molar-refractivity contribution in [2.24, 2.45) is 0 Å². The van der Waals surface area contributed by atoms with Crippen LogP contribution in [0.15, 0.2) is 42.5 Å². The van der Waals surface area contributed by atoms with Gasteiger partial charge in [-0.25, -0.2) is 8.78 Å². The average molecular weight is 345 g/mol. The molecule has 5 heteroatoms. The van der Waals surface area contributed by atoms with Crippen molar-refractivity contribution in [2.45, 2.75) is 31.7 Å². The summed E-state index contributed by atoms with van der Waals surface area (Å²) in [7, 11) is 1.60. The van der Waals surface area contributed by atoms with Crippen molar-refractivity contribution >= 4 is 5.91 Å². The van der Waals surface area contributed by atoms with Gasteiger partial charge in [-0.2, -0.15) is 0 Å². The molecule has 1 unspecified atom stereocenters. The molecule has 0 radical (unpaired) electrons. The highest BCUT2D eigenvalue weighted by Crippen LogP contribution is 2.32. The van der Waals surface area contributed by atoms with E-state index >= 15 is 0 Å². The Morgan fingerprint density at radius 3 is 2.52 bits per heavy atom. The summed E-state index contributed by atoms with van der Waals surface area (Å²) >= 11 is 0. The first-order chi connectivity index (χ1) is 12.1. The molecule has 1 fully saturated rings. The highest BCUT2D eigenvalue weighted by atomic mass is 19.1. The van der Waals surface area contributed by atoms with Crippen LogP contribution < -0.4 is 4.74 Å². The van der Waals surface area contributed by atoms with E-state index in [1.165, 1.54) is 6.07 Å². The molecule has 132 valence electrons. The standard InChI is InChI=1S/C20H21F2NO2/c1-25-16-9-6-14(7-10-16)19-5-3-2-4-12-23(19)20(24)17-11-8-15(21)13-18(17)22/h6-11,13,19H,2-5,12H2,1H3. The zero-order valence-corrected chi connectivity index (χ0v) is 14.2. The Labute approximate surface area is 146 Å². The third-order valence-electron chi connectivity index (χ3n) is 4.68. The van der Waals surface area contributed by atoms with E-state index in [1.54, 1.807) is 12.0 Å². The second-order valence-electron chi connectivity index (χ2n) is 6.26. The number of benzene rings is 2. The van der Waals surface area contributed by atoms with Crippen molar-refractivity contribution in [3.63, 3.8) is 0 Å². The van der Waals surface area contributed by atoms with Gasteiger partial charge in [-0.3, -0.25) is 4.79 Å². The van der Waals surface area contributed by atoms with E-state index in [1.807, 2.05) is 24.3 Å². The lowest BCUT2D eigenvalue weighted by molar-refractivity contribution is 0.0676. The van der Waals surface area contributed by atoms with Crippen molar-refractivity contribution in [1.29, 1.82) is 0 Å². The Morgan fingerprint density at radius 2 is 1.84 bits per heavy atom. The zero-order chi connectivity index (χ0) is 17.8. The molecule has 2 aromatic carbocycles. The molecule has 3 rings (SSSR count). The number of halogens is 2. The van der Waals surface area contributed by atoms with Gasteiger partial charge in [-0.15, -0.1) is 0 Å². The maximum absolute atomic E-state index is 14.1. The number of likely N-dealkylation sites (tertiary alicyclic amines) is 1. The topological polar surface area (TPSA) is 29.5 Å². The van der Waals surface area contributed by atoms with Gasteiger partial charge in [0, 0.05) is 12.6 Å². The van der Waals surface area contributed by atoms with E-state index in [2.05, 4.69) is 0 Å².